The van der Waals surface area contributed by atoms with Crippen molar-refractivity contribution in [2.24, 2.45) is 7.05 Å². The Morgan fingerprint density at radius 3 is 2.33 bits per heavy atom. The molecule has 0 radical (unpaired) electrons. The molecule has 0 aliphatic carbocycles. The third-order valence-electron chi connectivity index (χ3n) is 5.05. The second kappa shape index (κ2) is 8.42. The molecule has 33 heavy (non-hydrogen) atoms. The predicted molar refractivity (Wildman–Crippen MR) is 122 cm³/mol. The van der Waals surface area contributed by atoms with Crippen LogP contribution in [-0.4, -0.2) is 39.5 Å². The van der Waals surface area contributed by atoms with Gasteiger partial charge in [0.25, 0.3) is 0 Å². The Labute approximate surface area is 188 Å². The van der Waals surface area contributed by atoms with E-state index in [1.807, 2.05) is 37.5 Å². The first-order valence-electron chi connectivity index (χ1n) is 10.1. The van der Waals surface area contributed by atoms with Crippen molar-refractivity contribution in [3.8, 4) is 28.2 Å². The summed E-state index contributed by atoms with van der Waals surface area (Å²) in [4.78, 5) is 29.4. The smallest absolute Gasteiger partial charge is 0.219 e. The molecule has 0 saturated heterocycles. The van der Waals surface area contributed by atoms with Crippen LogP contribution in [0.2, 0.25) is 0 Å². The van der Waals surface area contributed by atoms with Crippen molar-refractivity contribution in [3.05, 3.63) is 95.2 Å². The molecule has 0 aliphatic rings. The molecule has 10 heteroatoms. The highest BCUT2D eigenvalue weighted by Gasteiger charge is 2.09. The monoisotopic (exact) mass is 437 g/mol. The predicted octanol–water partition coefficient (Wildman–Crippen LogP) is 2.05. The minimum absolute atomic E-state index is 0.119. The first-order valence-corrected chi connectivity index (χ1v) is 10.1. The lowest BCUT2D eigenvalue weighted by Gasteiger charge is -2.07. The van der Waals surface area contributed by atoms with E-state index in [1.54, 1.807) is 46.5 Å². The van der Waals surface area contributed by atoms with E-state index in [0.29, 0.717) is 17.9 Å². The summed E-state index contributed by atoms with van der Waals surface area (Å²) in [7, 11) is 1.83. The molecule has 5 rings (SSSR count). The van der Waals surface area contributed by atoms with E-state index in [4.69, 9.17) is 5.73 Å². The standard InChI is InChI=1S/C23H19N9O/c1-31-14-19(13-29-31)32-6-5-21(33)20(30-32)8-15-3-2-4-16(7-15)22-25-9-17(10-26-22)18-11-27-23(24)28-12-18/h2-7,9-14H,8H2,1H3,(H2,24,27,28). The molecule has 0 atom stereocenters. The number of nitrogens with two attached hydrogens (primary N) is 1. The molecule has 1 aromatic carbocycles. The first-order chi connectivity index (χ1) is 16.0. The van der Waals surface area contributed by atoms with Crippen LogP contribution >= 0.6 is 0 Å². The quantitative estimate of drug-likeness (QED) is 0.442. The van der Waals surface area contributed by atoms with Crippen LogP contribution in [0.15, 0.2) is 78.5 Å². The van der Waals surface area contributed by atoms with E-state index < -0.39 is 0 Å². The molecule has 0 amide bonds. The maximum Gasteiger partial charge on any atom is 0.219 e. The van der Waals surface area contributed by atoms with Crippen LogP contribution in [0, 0.1) is 0 Å². The van der Waals surface area contributed by atoms with Gasteiger partial charge in [0.05, 0.1) is 12.4 Å². The fourth-order valence-corrected chi connectivity index (χ4v) is 3.37. The summed E-state index contributed by atoms with van der Waals surface area (Å²) < 4.78 is 3.33. The first kappa shape index (κ1) is 20.2. The maximum atomic E-state index is 12.4. The maximum absolute atomic E-state index is 12.4. The summed E-state index contributed by atoms with van der Waals surface area (Å²) in [5, 5.41) is 8.66. The van der Waals surface area contributed by atoms with Crippen LogP contribution in [0.3, 0.4) is 0 Å². The Kier molecular flexibility index (Phi) is 5.15. The molecule has 4 heterocycles. The fraction of sp³-hybridized carbons (Fsp3) is 0.0870. The largest absolute Gasteiger partial charge is 0.368 e. The third kappa shape index (κ3) is 4.35. The Balaban J connectivity index is 1.40. The number of hydrogen-bond acceptors (Lipinski definition) is 8. The summed E-state index contributed by atoms with van der Waals surface area (Å²) >= 11 is 0. The van der Waals surface area contributed by atoms with E-state index in [9.17, 15) is 4.79 Å². The van der Waals surface area contributed by atoms with Gasteiger partial charge in [-0.25, -0.2) is 24.6 Å². The van der Waals surface area contributed by atoms with Crippen molar-refractivity contribution in [1.29, 1.82) is 0 Å². The number of benzene rings is 1. The second-order valence-electron chi connectivity index (χ2n) is 7.45. The summed E-state index contributed by atoms with van der Waals surface area (Å²) in [5.41, 5.74) is 10.00. The molecule has 0 spiro atoms. The lowest BCUT2D eigenvalue weighted by atomic mass is 10.1. The van der Waals surface area contributed by atoms with Crippen LogP contribution in [0.5, 0.6) is 0 Å². The Hall–Kier alpha value is -4.73. The number of aromatic nitrogens is 8. The highest BCUT2D eigenvalue weighted by molar-refractivity contribution is 5.63. The van der Waals surface area contributed by atoms with Crippen molar-refractivity contribution < 1.29 is 0 Å². The topological polar surface area (TPSA) is 130 Å². The normalized spacial score (nSPS) is 10.9. The van der Waals surface area contributed by atoms with Gasteiger partial charge in [0.2, 0.25) is 11.4 Å². The van der Waals surface area contributed by atoms with Crippen LogP contribution in [0.1, 0.15) is 11.3 Å². The zero-order chi connectivity index (χ0) is 22.8. The average Bonchev–Trinajstić information content (AvgIpc) is 3.28. The van der Waals surface area contributed by atoms with Gasteiger partial charge in [-0.2, -0.15) is 10.2 Å². The molecule has 4 aromatic heterocycles. The molecule has 0 unspecified atom stereocenters. The molecule has 2 N–H and O–H groups in total. The van der Waals surface area contributed by atoms with Crippen LogP contribution in [0.4, 0.5) is 5.95 Å². The van der Waals surface area contributed by atoms with Gasteiger partial charge in [-0.3, -0.25) is 9.48 Å². The molecular formula is C23H19N9O. The molecular weight excluding hydrogens is 418 g/mol. The SMILES string of the molecule is Cn1cc(-n2ccc(=O)c(Cc3cccc(-c4ncc(-c5cnc(N)nc5)cn4)c3)n2)cn1. The van der Waals surface area contributed by atoms with Gasteiger partial charge in [-0.05, 0) is 11.6 Å². The van der Waals surface area contributed by atoms with Crippen molar-refractivity contribution in [2.75, 3.05) is 5.73 Å². The lowest BCUT2D eigenvalue weighted by Crippen LogP contribution is -2.16. The second-order valence-corrected chi connectivity index (χ2v) is 7.45. The number of rotatable bonds is 5. The summed E-state index contributed by atoms with van der Waals surface area (Å²) in [6.07, 6.45) is 12.2. The number of hydrogen-bond donors (Lipinski definition) is 1. The van der Waals surface area contributed by atoms with E-state index in [-0.39, 0.29) is 11.4 Å². The molecule has 0 fully saturated rings. The summed E-state index contributed by atoms with van der Waals surface area (Å²) in [6.45, 7) is 0. The Morgan fingerprint density at radius 1 is 0.909 bits per heavy atom. The minimum Gasteiger partial charge on any atom is -0.368 e. The molecule has 0 saturated carbocycles. The Bertz CT molecular complexity index is 1470. The fourth-order valence-electron chi connectivity index (χ4n) is 3.37. The molecule has 0 bridgehead atoms. The van der Waals surface area contributed by atoms with Gasteiger partial charge in [-0.15, -0.1) is 0 Å². The van der Waals surface area contributed by atoms with Crippen molar-refractivity contribution in [2.45, 2.75) is 6.42 Å². The van der Waals surface area contributed by atoms with Crippen LogP contribution < -0.4 is 11.2 Å². The number of nitrogen functional groups attached to an aromatic ring is 1. The van der Waals surface area contributed by atoms with Gasteiger partial charge in [0.1, 0.15) is 11.4 Å². The zero-order valence-corrected chi connectivity index (χ0v) is 17.7. The summed E-state index contributed by atoms with van der Waals surface area (Å²) in [5.74, 6) is 0.791. The van der Waals surface area contributed by atoms with Gasteiger partial charge >= 0.3 is 0 Å². The number of anilines is 1. The van der Waals surface area contributed by atoms with Gasteiger partial charge in [-0.1, -0.05) is 18.2 Å². The van der Waals surface area contributed by atoms with Crippen molar-refractivity contribution >= 4 is 5.95 Å². The van der Waals surface area contributed by atoms with Gasteiger partial charge in [0, 0.05) is 67.2 Å². The van der Waals surface area contributed by atoms with E-state index in [2.05, 4.69) is 30.1 Å². The zero-order valence-electron chi connectivity index (χ0n) is 17.7. The van der Waals surface area contributed by atoms with E-state index >= 15 is 0 Å². The summed E-state index contributed by atoms with van der Waals surface area (Å²) in [6, 6.07) is 9.27. The lowest BCUT2D eigenvalue weighted by molar-refractivity contribution is 0.762. The van der Waals surface area contributed by atoms with Crippen molar-refractivity contribution in [1.82, 2.24) is 39.5 Å². The minimum atomic E-state index is -0.119. The Morgan fingerprint density at radius 2 is 1.64 bits per heavy atom. The highest BCUT2D eigenvalue weighted by Crippen LogP contribution is 2.21. The van der Waals surface area contributed by atoms with Crippen molar-refractivity contribution in [3.63, 3.8) is 0 Å². The van der Waals surface area contributed by atoms with E-state index in [1.165, 1.54) is 6.07 Å². The average molecular weight is 437 g/mol. The molecule has 5 aromatic rings. The van der Waals surface area contributed by atoms with Crippen LogP contribution in [-0.2, 0) is 13.5 Å². The molecule has 0 aliphatic heterocycles. The molecule has 162 valence electrons. The van der Waals surface area contributed by atoms with Gasteiger partial charge < -0.3 is 5.73 Å². The number of nitrogens with zero attached hydrogens (tertiary/aromatic N) is 8. The molecule has 10 nitrogen and oxygen atoms in total. The third-order valence-corrected chi connectivity index (χ3v) is 5.05. The van der Waals surface area contributed by atoms with Gasteiger partial charge in [0.15, 0.2) is 5.82 Å². The van der Waals surface area contributed by atoms with Crippen LogP contribution in [0.25, 0.3) is 28.2 Å². The van der Waals surface area contributed by atoms with E-state index in [0.717, 1.165) is 27.9 Å². The highest BCUT2D eigenvalue weighted by atomic mass is 16.1. The number of aryl methyl sites for hydroxylation is 1.